The average Bonchev–Trinajstić information content (AvgIpc) is 2.78. The van der Waals surface area contributed by atoms with Crippen molar-refractivity contribution in [2.75, 3.05) is 0 Å². The standard InChI is InChI=1S/C16H18FNO3/c17-14-7-10(2-6-16(19)20)1-5-15(14)21-13-8-11-3-4-12(9-13)18-11/h1-2,5-7,11-13,18H,3-4,8-9H2,(H,19,20)/b6-2+/t11-,12+,13+. The first-order chi connectivity index (χ1) is 10.1. The number of fused-ring (bicyclic) bond motifs is 2. The fourth-order valence-electron chi connectivity index (χ4n) is 3.16. The van der Waals surface area contributed by atoms with Crippen molar-refractivity contribution in [3.8, 4) is 5.75 Å². The number of rotatable bonds is 4. The van der Waals surface area contributed by atoms with E-state index < -0.39 is 11.8 Å². The van der Waals surface area contributed by atoms with Crippen LogP contribution in [-0.2, 0) is 4.79 Å². The molecule has 1 aromatic carbocycles. The fraction of sp³-hybridized carbons (Fsp3) is 0.438. The van der Waals surface area contributed by atoms with Crippen molar-refractivity contribution < 1.29 is 19.0 Å². The molecule has 2 aliphatic heterocycles. The zero-order chi connectivity index (χ0) is 14.8. The summed E-state index contributed by atoms with van der Waals surface area (Å²) in [4.78, 5) is 10.4. The molecule has 2 bridgehead atoms. The minimum Gasteiger partial charge on any atom is -0.487 e. The SMILES string of the molecule is O=C(O)/C=C/c1ccc(O[C@H]2C[C@H]3CC[C@@H](C2)N3)c(F)c1. The Morgan fingerprint density at radius 3 is 2.67 bits per heavy atom. The number of ether oxygens (including phenoxy) is 1. The number of hydrogen-bond acceptors (Lipinski definition) is 3. The molecular formula is C16H18FNO3. The van der Waals surface area contributed by atoms with Gasteiger partial charge in [0, 0.05) is 18.2 Å². The summed E-state index contributed by atoms with van der Waals surface area (Å²) in [6.45, 7) is 0. The van der Waals surface area contributed by atoms with Crippen molar-refractivity contribution in [1.82, 2.24) is 5.32 Å². The van der Waals surface area contributed by atoms with Crippen molar-refractivity contribution in [3.05, 3.63) is 35.7 Å². The Morgan fingerprint density at radius 2 is 2.05 bits per heavy atom. The number of halogens is 1. The summed E-state index contributed by atoms with van der Waals surface area (Å²) in [5.41, 5.74) is 0.507. The van der Waals surface area contributed by atoms with Crippen LogP contribution in [0.4, 0.5) is 4.39 Å². The second-order valence-electron chi connectivity index (χ2n) is 5.71. The third-order valence-corrected chi connectivity index (χ3v) is 4.10. The lowest BCUT2D eigenvalue weighted by atomic mass is 10.0. The molecule has 2 heterocycles. The van der Waals surface area contributed by atoms with Gasteiger partial charge in [-0.05, 0) is 49.5 Å². The molecule has 0 amide bonds. The number of carboxylic acids is 1. The molecule has 0 aromatic heterocycles. The molecule has 2 N–H and O–H groups in total. The van der Waals surface area contributed by atoms with Gasteiger partial charge >= 0.3 is 5.97 Å². The second-order valence-corrected chi connectivity index (χ2v) is 5.71. The minimum atomic E-state index is -1.05. The minimum absolute atomic E-state index is 0.0543. The molecule has 5 heteroatoms. The normalized spacial score (nSPS) is 28.0. The Bertz CT molecular complexity index is 561. The third kappa shape index (κ3) is 3.42. The van der Waals surface area contributed by atoms with Crippen LogP contribution in [0, 0.1) is 5.82 Å². The molecule has 4 nitrogen and oxygen atoms in total. The molecule has 0 spiro atoms. The van der Waals surface area contributed by atoms with E-state index in [1.807, 2.05) is 0 Å². The van der Waals surface area contributed by atoms with Crippen LogP contribution in [0.15, 0.2) is 24.3 Å². The highest BCUT2D eigenvalue weighted by molar-refractivity contribution is 5.85. The van der Waals surface area contributed by atoms with Crippen molar-refractivity contribution in [2.45, 2.75) is 43.9 Å². The van der Waals surface area contributed by atoms with Gasteiger partial charge in [-0.1, -0.05) is 6.07 Å². The van der Waals surface area contributed by atoms with Crippen LogP contribution in [0.1, 0.15) is 31.2 Å². The van der Waals surface area contributed by atoms with E-state index in [9.17, 15) is 9.18 Å². The van der Waals surface area contributed by atoms with Crippen molar-refractivity contribution >= 4 is 12.0 Å². The van der Waals surface area contributed by atoms with Crippen LogP contribution < -0.4 is 10.1 Å². The predicted molar refractivity (Wildman–Crippen MR) is 76.7 cm³/mol. The average molecular weight is 291 g/mol. The summed E-state index contributed by atoms with van der Waals surface area (Å²) < 4.78 is 19.8. The van der Waals surface area contributed by atoms with Gasteiger partial charge in [-0.2, -0.15) is 0 Å². The molecule has 1 aromatic rings. The summed E-state index contributed by atoms with van der Waals surface area (Å²) in [5.74, 6) is -1.26. The first-order valence-corrected chi connectivity index (χ1v) is 7.23. The number of aliphatic carboxylic acids is 1. The molecular weight excluding hydrogens is 273 g/mol. The van der Waals surface area contributed by atoms with Gasteiger partial charge in [-0.3, -0.25) is 0 Å². The largest absolute Gasteiger partial charge is 0.487 e. The van der Waals surface area contributed by atoms with Gasteiger partial charge in [0.2, 0.25) is 0 Å². The van der Waals surface area contributed by atoms with Crippen molar-refractivity contribution in [1.29, 1.82) is 0 Å². The Morgan fingerprint density at radius 1 is 1.33 bits per heavy atom. The Labute approximate surface area is 122 Å². The van der Waals surface area contributed by atoms with Gasteiger partial charge in [0.1, 0.15) is 6.10 Å². The number of carboxylic acid groups (broad SMARTS) is 1. The lowest BCUT2D eigenvalue weighted by Crippen LogP contribution is -2.42. The molecule has 2 fully saturated rings. The van der Waals surface area contributed by atoms with Gasteiger partial charge in [0.05, 0.1) is 0 Å². The topological polar surface area (TPSA) is 58.6 Å². The van der Waals surface area contributed by atoms with E-state index in [0.717, 1.165) is 18.9 Å². The third-order valence-electron chi connectivity index (χ3n) is 4.10. The van der Waals surface area contributed by atoms with Gasteiger partial charge in [0.15, 0.2) is 11.6 Å². The highest BCUT2D eigenvalue weighted by Crippen LogP contribution is 2.30. The summed E-state index contributed by atoms with van der Waals surface area (Å²) >= 11 is 0. The van der Waals surface area contributed by atoms with E-state index in [0.29, 0.717) is 17.6 Å². The van der Waals surface area contributed by atoms with Crippen LogP contribution >= 0.6 is 0 Å². The van der Waals surface area contributed by atoms with Crippen LogP contribution in [0.25, 0.3) is 6.08 Å². The number of hydrogen-bond donors (Lipinski definition) is 2. The number of nitrogens with one attached hydrogen (secondary N) is 1. The molecule has 3 atom stereocenters. The smallest absolute Gasteiger partial charge is 0.328 e. The number of piperidine rings is 1. The molecule has 0 saturated carbocycles. The van der Waals surface area contributed by atoms with E-state index in [2.05, 4.69) is 5.32 Å². The van der Waals surface area contributed by atoms with Gasteiger partial charge in [-0.25, -0.2) is 9.18 Å². The Kier molecular flexibility index (Phi) is 3.92. The monoisotopic (exact) mass is 291 g/mol. The maximum Gasteiger partial charge on any atom is 0.328 e. The van der Waals surface area contributed by atoms with Crippen molar-refractivity contribution in [3.63, 3.8) is 0 Å². The zero-order valence-corrected chi connectivity index (χ0v) is 11.6. The zero-order valence-electron chi connectivity index (χ0n) is 11.6. The van der Waals surface area contributed by atoms with Crippen LogP contribution in [-0.4, -0.2) is 29.3 Å². The first kappa shape index (κ1) is 14.1. The molecule has 2 aliphatic rings. The van der Waals surface area contributed by atoms with Gasteiger partial charge in [0.25, 0.3) is 0 Å². The van der Waals surface area contributed by atoms with Crippen molar-refractivity contribution in [2.24, 2.45) is 0 Å². The maximum absolute atomic E-state index is 14.0. The fourth-order valence-corrected chi connectivity index (χ4v) is 3.16. The summed E-state index contributed by atoms with van der Waals surface area (Å²) in [7, 11) is 0. The van der Waals surface area contributed by atoms with E-state index in [1.165, 1.54) is 25.0 Å². The predicted octanol–water partition coefficient (Wildman–Crippen LogP) is 2.59. The Hall–Kier alpha value is -1.88. The van der Waals surface area contributed by atoms with E-state index in [1.54, 1.807) is 12.1 Å². The van der Waals surface area contributed by atoms with Gasteiger partial charge in [-0.15, -0.1) is 0 Å². The molecule has 112 valence electrons. The maximum atomic E-state index is 14.0. The molecule has 0 aliphatic carbocycles. The molecule has 21 heavy (non-hydrogen) atoms. The summed E-state index contributed by atoms with van der Waals surface area (Å²) in [6.07, 6.45) is 6.57. The number of carbonyl (C=O) groups is 1. The van der Waals surface area contributed by atoms with Gasteiger partial charge < -0.3 is 15.2 Å². The lowest BCUT2D eigenvalue weighted by molar-refractivity contribution is -0.131. The highest BCUT2D eigenvalue weighted by Gasteiger charge is 2.34. The van der Waals surface area contributed by atoms with Crippen LogP contribution in [0.5, 0.6) is 5.75 Å². The first-order valence-electron chi connectivity index (χ1n) is 7.23. The highest BCUT2D eigenvalue weighted by atomic mass is 19.1. The van der Waals surface area contributed by atoms with Crippen LogP contribution in [0.2, 0.25) is 0 Å². The lowest BCUT2D eigenvalue weighted by Gasteiger charge is -2.29. The van der Waals surface area contributed by atoms with E-state index in [-0.39, 0.29) is 11.9 Å². The Balaban J connectivity index is 1.67. The second kappa shape index (κ2) is 5.85. The molecule has 0 radical (unpaired) electrons. The quantitative estimate of drug-likeness (QED) is 0.837. The van der Waals surface area contributed by atoms with E-state index >= 15 is 0 Å². The number of benzene rings is 1. The molecule has 0 unspecified atom stereocenters. The summed E-state index contributed by atoms with van der Waals surface area (Å²) in [6, 6.07) is 5.52. The molecule has 2 saturated heterocycles. The van der Waals surface area contributed by atoms with Crippen LogP contribution in [0.3, 0.4) is 0 Å². The van der Waals surface area contributed by atoms with E-state index in [4.69, 9.17) is 9.84 Å². The summed E-state index contributed by atoms with van der Waals surface area (Å²) in [5, 5.41) is 12.1. The molecule has 3 rings (SSSR count).